The van der Waals surface area contributed by atoms with Gasteiger partial charge in [0.1, 0.15) is 0 Å². The third-order valence-electron chi connectivity index (χ3n) is 3.21. The Morgan fingerprint density at radius 2 is 1.75 bits per heavy atom. The molecule has 0 amide bonds. The smallest absolute Gasteiger partial charge is 0.0869 e. The first-order valence-electron chi connectivity index (χ1n) is 5.28. The second kappa shape index (κ2) is 4.24. The second-order valence-corrected chi connectivity index (χ2v) is 4.08. The van der Waals surface area contributed by atoms with E-state index in [9.17, 15) is 0 Å². The molecule has 1 saturated heterocycles. The minimum absolute atomic E-state index is 0.725. The monoisotopic (exact) mass is 167 g/mol. The van der Waals surface area contributed by atoms with E-state index in [1.807, 2.05) is 6.67 Å². The van der Waals surface area contributed by atoms with Gasteiger partial charge in [0.2, 0.25) is 0 Å². The van der Waals surface area contributed by atoms with Crippen LogP contribution in [0.15, 0.2) is 0 Å². The molecule has 1 unspecified atom stereocenters. The lowest BCUT2D eigenvalue weighted by Crippen LogP contribution is -2.31. The van der Waals surface area contributed by atoms with E-state index < -0.39 is 0 Å². The maximum atomic E-state index is 3.42. The van der Waals surface area contributed by atoms with Crippen LogP contribution in [0.1, 0.15) is 38.5 Å². The van der Waals surface area contributed by atoms with E-state index in [1.54, 1.807) is 0 Å². The molecule has 2 heteroatoms. The molecule has 0 aromatic rings. The molecule has 1 radical (unpaired) electrons. The normalized spacial score (nSPS) is 33.5. The van der Waals surface area contributed by atoms with E-state index >= 15 is 0 Å². The van der Waals surface area contributed by atoms with Crippen LogP contribution in [0.5, 0.6) is 0 Å². The average Bonchev–Trinajstić information content (AvgIpc) is 2.48. The van der Waals surface area contributed by atoms with Gasteiger partial charge < -0.3 is 0 Å². The Morgan fingerprint density at radius 3 is 2.33 bits per heavy atom. The molecule has 1 saturated carbocycles. The van der Waals surface area contributed by atoms with Crippen LogP contribution in [-0.4, -0.2) is 12.6 Å². The fourth-order valence-corrected chi connectivity index (χ4v) is 2.43. The van der Waals surface area contributed by atoms with Crippen molar-refractivity contribution in [3.05, 3.63) is 6.67 Å². The summed E-state index contributed by atoms with van der Waals surface area (Å²) in [7, 11) is 0. The summed E-state index contributed by atoms with van der Waals surface area (Å²) in [6.07, 6.45) is 8.69. The van der Waals surface area contributed by atoms with Crippen LogP contribution in [-0.2, 0) is 0 Å². The summed E-state index contributed by atoms with van der Waals surface area (Å²) in [5, 5.41) is 6.67. The minimum Gasteiger partial charge on any atom is -0.298 e. The standard InChI is InChI=1S/C10H19N2/c1-2-4-6-9(5-3-1)10-7-11-8-12-10/h8-12H,1-7H2. The summed E-state index contributed by atoms with van der Waals surface area (Å²) in [5.74, 6) is 0.929. The summed E-state index contributed by atoms with van der Waals surface area (Å²) < 4.78 is 0. The number of nitrogens with one attached hydrogen (secondary N) is 2. The molecule has 0 aromatic heterocycles. The molecule has 0 bridgehead atoms. The van der Waals surface area contributed by atoms with Crippen molar-refractivity contribution in [3.63, 3.8) is 0 Å². The molecule has 2 fully saturated rings. The van der Waals surface area contributed by atoms with Crippen molar-refractivity contribution in [2.75, 3.05) is 6.54 Å². The van der Waals surface area contributed by atoms with Crippen LogP contribution in [0.2, 0.25) is 0 Å². The predicted molar refractivity (Wildman–Crippen MR) is 50.4 cm³/mol. The summed E-state index contributed by atoms with van der Waals surface area (Å²) in [4.78, 5) is 0. The highest BCUT2D eigenvalue weighted by Gasteiger charge is 2.24. The third kappa shape index (κ3) is 1.99. The van der Waals surface area contributed by atoms with Gasteiger partial charge in [-0.2, -0.15) is 0 Å². The Labute approximate surface area is 75.1 Å². The van der Waals surface area contributed by atoms with Gasteiger partial charge in [-0.15, -0.1) is 0 Å². The number of hydrogen-bond donors (Lipinski definition) is 2. The van der Waals surface area contributed by atoms with Crippen LogP contribution < -0.4 is 10.6 Å². The summed E-state index contributed by atoms with van der Waals surface area (Å²) >= 11 is 0. The van der Waals surface area contributed by atoms with Crippen LogP contribution in [0.3, 0.4) is 0 Å². The van der Waals surface area contributed by atoms with Crippen molar-refractivity contribution in [3.8, 4) is 0 Å². The maximum Gasteiger partial charge on any atom is 0.0869 e. The first-order valence-corrected chi connectivity index (χ1v) is 5.28. The van der Waals surface area contributed by atoms with Gasteiger partial charge in [-0.1, -0.05) is 25.7 Å². The average molecular weight is 167 g/mol. The van der Waals surface area contributed by atoms with E-state index in [-0.39, 0.29) is 0 Å². The lowest BCUT2D eigenvalue weighted by molar-refractivity contribution is 0.365. The van der Waals surface area contributed by atoms with Crippen molar-refractivity contribution in [1.82, 2.24) is 10.6 Å². The minimum atomic E-state index is 0.725. The Kier molecular flexibility index (Phi) is 3.01. The van der Waals surface area contributed by atoms with Crippen LogP contribution in [0.25, 0.3) is 0 Å². The molecule has 1 heterocycles. The van der Waals surface area contributed by atoms with Gasteiger partial charge in [0, 0.05) is 12.6 Å². The molecule has 1 aliphatic carbocycles. The number of hydrogen-bond acceptors (Lipinski definition) is 2. The Hall–Kier alpha value is -0.0800. The first kappa shape index (κ1) is 8.52. The van der Waals surface area contributed by atoms with Gasteiger partial charge in [-0.3, -0.25) is 10.6 Å². The molecular weight excluding hydrogens is 148 g/mol. The van der Waals surface area contributed by atoms with E-state index in [2.05, 4.69) is 10.6 Å². The highest BCUT2D eigenvalue weighted by atomic mass is 15.2. The van der Waals surface area contributed by atoms with Gasteiger partial charge >= 0.3 is 0 Å². The fourth-order valence-electron chi connectivity index (χ4n) is 2.43. The van der Waals surface area contributed by atoms with Crippen molar-refractivity contribution in [2.45, 2.75) is 44.6 Å². The zero-order chi connectivity index (χ0) is 8.23. The second-order valence-electron chi connectivity index (χ2n) is 4.08. The number of rotatable bonds is 1. The topological polar surface area (TPSA) is 24.1 Å². The van der Waals surface area contributed by atoms with Gasteiger partial charge in [0.15, 0.2) is 0 Å². The van der Waals surface area contributed by atoms with Gasteiger partial charge in [0.05, 0.1) is 6.67 Å². The summed E-state index contributed by atoms with van der Waals surface area (Å²) in [6.45, 7) is 3.15. The van der Waals surface area contributed by atoms with E-state index in [0.29, 0.717) is 0 Å². The van der Waals surface area contributed by atoms with Gasteiger partial charge in [0.25, 0.3) is 0 Å². The van der Waals surface area contributed by atoms with E-state index in [0.717, 1.165) is 18.5 Å². The van der Waals surface area contributed by atoms with Crippen LogP contribution in [0, 0.1) is 12.6 Å². The maximum absolute atomic E-state index is 3.42. The Morgan fingerprint density at radius 1 is 1.00 bits per heavy atom. The molecule has 1 atom stereocenters. The quantitative estimate of drug-likeness (QED) is 0.580. The first-order chi connectivity index (χ1) is 5.97. The largest absolute Gasteiger partial charge is 0.298 e. The highest BCUT2D eigenvalue weighted by molar-refractivity contribution is 4.88. The summed E-state index contributed by atoms with van der Waals surface area (Å²) in [5.41, 5.74) is 0. The van der Waals surface area contributed by atoms with E-state index in [4.69, 9.17) is 0 Å². The molecule has 1 aliphatic heterocycles. The lowest BCUT2D eigenvalue weighted by atomic mass is 9.92. The van der Waals surface area contributed by atoms with Crippen LogP contribution >= 0.6 is 0 Å². The van der Waals surface area contributed by atoms with Crippen molar-refractivity contribution < 1.29 is 0 Å². The molecule has 2 aliphatic rings. The van der Waals surface area contributed by atoms with Gasteiger partial charge in [-0.05, 0) is 18.8 Å². The molecule has 69 valence electrons. The molecule has 12 heavy (non-hydrogen) atoms. The zero-order valence-electron chi connectivity index (χ0n) is 7.68. The predicted octanol–water partition coefficient (Wildman–Crippen LogP) is 1.64. The van der Waals surface area contributed by atoms with Crippen LogP contribution in [0.4, 0.5) is 0 Å². The molecule has 0 aromatic carbocycles. The molecule has 2 nitrogen and oxygen atoms in total. The molecule has 0 spiro atoms. The van der Waals surface area contributed by atoms with Crippen molar-refractivity contribution >= 4 is 0 Å². The van der Waals surface area contributed by atoms with Crippen molar-refractivity contribution in [2.24, 2.45) is 5.92 Å². The Bertz CT molecular complexity index is 122. The van der Waals surface area contributed by atoms with Gasteiger partial charge in [-0.25, -0.2) is 0 Å². The molecule has 2 N–H and O–H groups in total. The molecule has 2 rings (SSSR count). The zero-order valence-corrected chi connectivity index (χ0v) is 7.68. The van der Waals surface area contributed by atoms with Crippen molar-refractivity contribution in [1.29, 1.82) is 0 Å². The fraction of sp³-hybridized carbons (Fsp3) is 0.900. The SMILES string of the molecule is [CH]1NCC(C2CCCCCC2)N1. The molecular formula is C10H19N2. The highest BCUT2D eigenvalue weighted by Crippen LogP contribution is 2.26. The summed E-state index contributed by atoms with van der Waals surface area (Å²) in [6, 6.07) is 0.725. The van der Waals surface area contributed by atoms with E-state index in [1.165, 1.54) is 38.5 Å². The Balaban J connectivity index is 1.83. The lowest BCUT2D eigenvalue weighted by Gasteiger charge is -2.20. The third-order valence-corrected chi connectivity index (χ3v) is 3.21.